The van der Waals surface area contributed by atoms with Gasteiger partial charge in [0.1, 0.15) is 23.5 Å². The van der Waals surface area contributed by atoms with Crippen LogP contribution in [0.25, 0.3) is 0 Å². The van der Waals surface area contributed by atoms with Crippen molar-refractivity contribution < 1.29 is 40.0 Å². The van der Waals surface area contributed by atoms with Crippen molar-refractivity contribution in [3.63, 3.8) is 0 Å². The summed E-state index contributed by atoms with van der Waals surface area (Å²) >= 11 is 0. The fraction of sp³-hybridized carbons (Fsp3) is 0.700. The van der Waals surface area contributed by atoms with E-state index >= 15 is 0 Å². The number of allylic oxidation sites excluding steroid dienone is 1. The van der Waals surface area contributed by atoms with Gasteiger partial charge in [-0.2, -0.15) is 21.6 Å². The molecule has 2 rings (SSSR count). The Kier molecular flexibility index (Phi) is 3.71. The molecule has 2 aliphatic rings. The summed E-state index contributed by atoms with van der Waals surface area (Å²) in [6.07, 6.45) is -1.32. The molecule has 0 saturated carbocycles. The van der Waals surface area contributed by atoms with Gasteiger partial charge in [-0.15, -0.1) is 0 Å². The van der Waals surface area contributed by atoms with Gasteiger partial charge in [-0.1, -0.05) is 0 Å². The highest BCUT2D eigenvalue weighted by atomic mass is 32.2. The number of carbonyl (C=O) groups is 1. The Morgan fingerprint density at radius 2 is 2.05 bits per heavy atom. The molecule has 2 bridgehead atoms. The number of ether oxygens (including phenoxy) is 2. The maximum absolute atomic E-state index is 12.3. The van der Waals surface area contributed by atoms with Gasteiger partial charge in [-0.3, -0.25) is 4.18 Å². The lowest BCUT2D eigenvalue weighted by Gasteiger charge is -2.27. The van der Waals surface area contributed by atoms with E-state index in [2.05, 4.69) is 8.92 Å². The number of carbonyl (C=O) groups excluding carboxylic acids is 1. The zero-order valence-electron chi connectivity index (χ0n) is 10.3. The van der Waals surface area contributed by atoms with Gasteiger partial charge in [-0.05, 0) is 6.42 Å². The third-order valence-electron chi connectivity index (χ3n) is 3.03. The van der Waals surface area contributed by atoms with Gasteiger partial charge >= 0.3 is 21.6 Å². The van der Waals surface area contributed by atoms with E-state index in [-0.39, 0.29) is 17.8 Å². The van der Waals surface area contributed by atoms with E-state index in [4.69, 9.17) is 4.74 Å². The summed E-state index contributed by atoms with van der Waals surface area (Å²) in [4.78, 5) is 11.6. The van der Waals surface area contributed by atoms with E-state index < -0.39 is 33.8 Å². The number of rotatable bonds is 3. The van der Waals surface area contributed by atoms with Crippen molar-refractivity contribution in [2.75, 3.05) is 7.11 Å². The number of halogens is 3. The molecule has 114 valence electrons. The molecule has 0 aliphatic carbocycles. The molecular formula is C10H11F3O6S. The van der Waals surface area contributed by atoms with Crippen LogP contribution in [-0.2, 0) is 28.6 Å². The predicted octanol–water partition coefficient (Wildman–Crippen LogP) is 1.23. The molecule has 6 nitrogen and oxygen atoms in total. The van der Waals surface area contributed by atoms with Crippen LogP contribution in [0.5, 0.6) is 0 Å². The molecule has 2 aliphatic heterocycles. The van der Waals surface area contributed by atoms with Gasteiger partial charge in [0.05, 0.1) is 7.11 Å². The number of fused-ring (bicyclic) bond motifs is 2. The summed E-state index contributed by atoms with van der Waals surface area (Å²) in [7, 11) is -4.75. The lowest BCUT2D eigenvalue weighted by molar-refractivity contribution is -0.138. The Bertz CT molecular complexity index is 550. The van der Waals surface area contributed by atoms with Crippen LogP contribution in [-0.4, -0.2) is 39.2 Å². The van der Waals surface area contributed by atoms with Crippen molar-refractivity contribution in [1.29, 1.82) is 0 Å². The standard InChI is InChI=1S/C10H11F3O6S/c1-17-9(14)8-6-3-2-5(18-6)4-7(8)19-20(15,16)10(11,12)13/h5,7H,2-4H2,1H3. The zero-order valence-corrected chi connectivity index (χ0v) is 11.1. The Hall–Kier alpha value is -1.29. The maximum atomic E-state index is 12.3. The van der Waals surface area contributed by atoms with Crippen LogP contribution in [0.15, 0.2) is 11.3 Å². The van der Waals surface area contributed by atoms with Gasteiger partial charge in [0.15, 0.2) is 0 Å². The summed E-state index contributed by atoms with van der Waals surface area (Å²) in [6, 6.07) is 0. The van der Waals surface area contributed by atoms with E-state index in [0.29, 0.717) is 12.8 Å². The third kappa shape index (κ3) is 2.62. The van der Waals surface area contributed by atoms with E-state index in [1.165, 1.54) is 0 Å². The second-order valence-electron chi connectivity index (χ2n) is 4.33. The first-order chi connectivity index (χ1) is 9.15. The van der Waals surface area contributed by atoms with Crippen molar-refractivity contribution in [3.05, 3.63) is 11.3 Å². The van der Waals surface area contributed by atoms with Crippen LogP contribution in [0.3, 0.4) is 0 Å². The third-order valence-corrected chi connectivity index (χ3v) is 4.09. The highest BCUT2D eigenvalue weighted by molar-refractivity contribution is 7.87. The fourth-order valence-electron chi connectivity index (χ4n) is 2.16. The van der Waals surface area contributed by atoms with E-state index in [0.717, 1.165) is 7.11 Å². The second-order valence-corrected chi connectivity index (χ2v) is 5.89. The monoisotopic (exact) mass is 316 g/mol. The van der Waals surface area contributed by atoms with E-state index in [1.807, 2.05) is 0 Å². The molecule has 0 radical (unpaired) electrons. The minimum atomic E-state index is -5.79. The summed E-state index contributed by atoms with van der Waals surface area (Å²) in [6.45, 7) is 0. The number of methoxy groups -OCH3 is 1. The average molecular weight is 316 g/mol. The van der Waals surface area contributed by atoms with E-state index in [1.54, 1.807) is 0 Å². The quantitative estimate of drug-likeness (QED) is 0.443. The molecule has 0 N–H and O–H groups in total. The second kappa shape index (κ2) is 4.92. The lowest BCUT2D eigenvalue weighted by Crippen LogP contribution is -2.37. The molecule has 1 fully saturated rings. The van der Waals surface area contributed by atoms with Crippen molar-refractivity contribution in [3.8, 4) is 0 Å². The minimum Gasteiger partial charge on any atom is -0.494 e. The van der Waals surface area contributed by atoms with E-state index in [9.17, 15) is 26.4 Å². The van der Waals surface area contributed by atoms with Crippen LogP contribution in [0.2, 0.25) is 0 Å². The largest absolute Gasteiger partial charge is 0.523 e. The normalized spacial score (nSPS) is 26.4. The number of esters is 1. The van der Waals surface area contributed by atoms with Gasteiger partial charge in [-0.25, -0.2) is 4.79 Å². The summed E-state index contributed by atoms with van der Waals surface area (Å²) in [5, 5.41) is 0. The molecule has 20 heavy (non-hydrogen) atoms. The van der Waals surface area contributed by atoms with Crippen molar-refractivity contribution >= 4 is 16.1 Å². The minimum absolute atomic E-state index is 0.135. The SMILES string of the molecule is COC(=O)C1=C2CCC(CC1OS(=O)(=O)C(F)(F)F)O2. The van der Waals surface area contributed by atoms with Crippen molar-refractivity contribution in [2.45, 2.75) is 37.0 Å². The molecule has 2 unspecified atom stereocenters. The van der Waals surface area contributed by atoms with Crippen LogP contribution < -0.4 is 0 Å². The van der Waals surface area contributed by atoms with Gasteiger partial charge in [0, 0.05) is 12.8 Å². The Morgan fingerprint density at radius 3 is 2.60 bits per heavy atom. The van der Waals surface area contributed by atoms with Gasteiger partial charge in [0.2, 0.25) is 0 Å². The van der Waals surface area contributed by atoms with Crippen molar-refractivity contribution in [2.24, 2.45) is 0 Å². The Morgan fingerprint density at radius 1 is 1.40 bits per heavy atom. The molecule has 0 aromatic rings. The first-order valence-corrected chi connectivity index (χ1v) is 7.04. The first kappa shape index (κ1) is 15.1. The highest BCUT2D eigenvalue weighted by Crippen LogP contribution is 2.39. The highest BCUT2D eigenvalue weighted by Gasteiger charge is 2.51. The smallest absolute Gasteiger partial charge is 0.494 e. The molecule has 0 aromatic heterocycles. The average Bonchev–Trinajstić information content (AvgIpc) is 2.69. The van der Waals surface area contributed by atoms with Crippen LogP contribution in [0.4, 0.5) is 13.2 Å². The maximum Gasteiger partial charge on any atom is 0.523 e. The molecular weight excluding hydrogens is 305 g/mol. The predicted molar refractivity (Wildman–Crippen MR) is 57.6 cm³/mol. The molecule has 2 heterocycles. The Balaban J connectivity index is 2.32. The lowest BCUT2D eigenvalue weighted by atomic mass is 10.0. The van der Waals surface area contributed by atoms with Crippen molar-refractivity contribution in [1.82, 2.24) is 0 Å². The number of hydrogen-bond donors (Lipinski definition) is 0. The fourth-order valence-corrected chi connectivity index (χ4v) is 2.75. The number of hydrogen-bond acceptors (Lipinski definition) is 6. The Labute approximate surface area is 112 Å². The molecule has 0 spiro atoms. The summed E-state index contributed by atoms with van der Waals surface area (Å²) in [5.41, 5.74) is -5.84. The van der Waals surface area contributed by atoms with Gasteiger partial charge < -0.3 is 9.47 Å². The van der Waals surface area contributed by atoms with Crippen LogP contribution in [0.1, 0.15) is 19.3 Å². The van der Waals surface area contributed by atoms with Gasteiger partial charge in [0.25, 0.3) is 0 Å². The first-order valence-electron chi connectivity index (χ1n) is 5.63. The summed E-state index contributed by atoms with van der Waals surface area (Å²) in [5.74, 6) is -0.821. The molecule has 0 aromatic carbocycles. The molecule has 2 atom stereocenters. The molecule has 10 heteroatoms. The van der Waals surface area contributed by atoms with Crippen LogP contribution in [0, 0.1) is 0 Å². The topological polar surface area (TPSA) is 78.9 Å². The van der Waals surface area contributed by atoms with Crippen LogP contribution >= 0.6 is 0 Å². The molecule has 1 saturated heterocycles. The summed E-state index contributed by atoms with van der Waals surface area (Å²) < 4.78 is 73.0. The molecule has 0 amide bonds. The number of alkyl halides is 3. The zero-order chi connectivity index (χ0) is 15.1.